The standard InChI is InChI=1S/C19H16F3N5O2/c1-11-5-7-14(8-6-11)27-16(19(20,21)22)15(10-24-27)17(28)25-12-3-2-4-13(9-12)26-18(23)29/h2-10H,1H3,(H,25,28)(H3,23,26,29). The van der Waals surface area contributed by atoms with Gasteiger partial charge in [-0.05, 0) is 37.3 Å². The maximum atomic E-state index is 13.7. The molecule has 0 radical (unpaired) electrons. The van der Waals surface area contributed by atoms with Gasteiger partial charge in [-0.25, -0.2) is 9.48 Å². The van der Waals surface area contributed by atoms with Gasteiger partial charge in [0.25, 0.3) is 5.91 Å². The number of nitrogens with two attached hydrogens (primary N) is 1. The third-order valence-corrected chi connectivity index (χ3v) is 3.95. The molecule has 3 amide bonds. The summed E-state index contributed by atoms with van der Waals surface area (Å²) in [5, 5.41) is 8.45. The van der Waals surface area contributed by atoms with Crippen LogP contribution < -0.4 is 16.4 Å². The molecule has 3 rings (SSSR count). The Hall–Kier alpha value is -3.82. The van der Waals surface area contributed by atoms with Gasteiger partial charge in [0.2, 0.25) is 0 Å². The van der Waals surface area contributed by atoms with Crippen molar-refractivity contribution in [1.29, 1.82) is 0 Å². The molecule has 4 N–H and O–H groups in total. The fraction of sp³-hybridized carbons (Fsp3) is 0.105. The van der Waals surface area contributed by atoms with Crippen LogP contribution >= 0.6 is 0 Å². The zero-order chi connectivity index (χ0) is 21.2. The Morgan fingerprint density at radius 2 is 1.66 bits per heavy atom. The van der Waals surface area contributed by atoms with Crippen molar-refractivity contribution < 1.29 is 22.8 Å². The average molecular weight is 403 g/mol. The highest BCUT2D eigenvalue weighted by molar-refractivity contribution is 6.05. The molecule has 1 heterocycles. The Balaban J connectivity index is 1.95. The topological polar surface area (TPSA) is 102 Å². The zero-order valence-electron chi connectivity index (χ0n) is 15.1. The van der Waals surface area contributed by atoms with E-state index in [1.807, 2.05) is 0 Å². The second-order valence-electron chi connectivity index (χ2n) is 6.18. The van der Waals surface area contributed by atoms with Gasteiger partial charge in [-0.1, -0.05) is 23.8 Å². The second-order valence-corrected chi connectivity index (χ2v) is 6.18. The molecule has 0 saturated heterocycles. The summed E-state index contributed by atoms with van der Waals surface area (Å²) in [5.74, 6) is -0.994. The number of carbonyl (C=O) groups is 2. The molecule has 0 unspecified atom stereocenters. The highest BCUT2D eigenvalue weighted by atomic mass is 19.4. The Morgan fingerprint density at radius 3 is 2.24 bits per heavy atom. The van der Waals surface area contributed by atoms with Crippen LogP contribution in [0.25, 0.3) is 5.69 Å². The fourth-order valence-corrected chi connectivity index (χ4v) is 2.68. The molecule has 7 nitrogen and oxygen atoms in total. The molecule has 0 spiro atoms. The van der Waals surface area contributed by atoms with Crippen molar-refractivity contribution in [3.05, 3.63) is 71.5 Å². The van der Waals surface area contributed by atoms with Gasteiger partial charge in [0, 0.05) is 11.4 Å². The van der Waals surface area contributed by atoms with E-state index in [1.54, 1.807) is 19.1 Å². The number of hydrogen-bond acceptors (Lipinski definition) is 3. The van der Waals surface area contributed by atoms with Crippen LogP contribution in [0, 0.1) is 6.92 Å². The van der Waals surface area contributed by atoms with Crippen LogP contribution in [-0.2, 0) is 6.18 Å². The van der Waals surface area contributed by atoms with E-state index in [1.165, 1.54) is 36.4 Å². The molecule has 3 aromatic rings. The first-order chi connectivity index (χ1) is 13.6. The van der Waals surface area contributed by atoms with E-state index in [9.17, 15) is 22.8 Å². The van der Waals surface area contributed by atoms with Gasteiger partial charge in [-0.3, -0.25) is 4.79 Å². The summed E-state index contributed by atoms with van der Waals surface area (Å²) in [5.41, 5.74) is 4.71. The first-order valence-corrected chi connectivity index (χ1v) is 8.35. The van der Waals surface area contributed by atoms with Gasteiger partial charge >= 0.3 is 12.2 Å². The van der Waals surface area contributed by atoms with E-state index < -0.39 is 29.4 Å². The third kappa shape index (κ3) is 4.54. The van der Waals surface area contributed by atoms with Crippen molar-refractivity contribution in [3.8, 4) is 5.69 Å². The molecular formula is C19H16F3N5O2. The highest BCUT2D eigenvalue weighted by Crippen LogP contribution is 2.34. The second kappa shape index (κ2) is 7.66. The fourth-order valence-electron chi connectivity index (χ4n) is 2.68. The Bertz CT molecular complexity index is 1060. The molecule has 29 heavy (non-hydrogen) atoms. The molecule has 150 valence electrons. The lowest BCUT2D eigenvalue weighted by molar-refractivity contribution is -0.143. The minimum Gasteiger partial charge on any atom is -0.351 e. The van der Waals surface area contributed by atoms with Gasteiger partial charge in [-0.15, -0.1) is 0 Å². The molecule has 0 saturated carbocycles. The van der Waals surface area contributed by atoms with Gasteiger partial charge in [0.15, 0.2) is 5.69 Å². The number of rotatable bonds is 4. The summed E-state index contributed by atoms with van der Waals surface area (Å²) in [4.78, 5) is 23.5. The first kappa shape index (κ1) is 19.9. The predicted octanol–water partition coefficient (Wildman–Crippen LogP) is 3.94. The maximum absolute atomic E-state index is 13.7. The van der Waals surface area contributed by atoms with Crippen molar-refractivity contribution in [1.82, 2.24) is 9.78 Å². The SMILES string of the molecule is Cc1ccc(-n2ncc(C(=O)Nc3cccc(NC(N)=O)c3)c2C(F)(F)F)cc1. The Morgan fingerprint density at radius 1 is 1.03 bits per heavy atom. The lowest BCUT2D eigenvalue weighted by Crippen LogP contribution is -2.21. The number of halogens is 3. The molecule has 0 aliphatic heterocycles. The quantitative estimate of drug-likeness (QED) is 0.615. The summed E-state index contributed by atoms with van der Waals surface area (Å²) >= 11 is 0. The van der Waals surface area contributed by atoms with Crippen LogP contribution in [0.1, 0.15) is 21.6 Å². The number of alkyl halides is 3. The highest BCUT2D eigenvalue weighted by Gasteiger charge is 2.40. The number of anilines is 2. The third-order valence-electron chi connectivity index (χ3n) is 3.95. The number of amides is 3. The van der Waals surface area contributed by atoms with Crippen molar-refractivity contribution in [2.45, 2.75) is 13.1 Å². The lowest BCUT2D eigenvalue weighted by atomic mass is 10.2. The number of aromatic nitrogens is 2. The van der Waals surface area contributed by atoms with Gasteiger partial charge in [0.05, 0.1) is 17.4 Å². The summed E-state index contributed by atoms with van der Waals surface area (Å²) in [7, 11) is 0. The number of nitrogens with zero attached hydrogens (tertiary/aromatic N) is 2. The van der Waals surface area contributed by atoms with E-state index in [0.29, 0.717) is 4.68 Å². The van der Waals surface area contributed by atoms with Crippen LogP contribution in [0.3, 0.4) is 0 Å². The number of benzene rings is 2. The predicted molar refractivity (Wildman–Crippen MR) is 101 cm³/mol. The Kier molecular flexibility index (Phi) is 5.26. The molecule has 2 aromatic carbocycles. The van der Waals surface area contributed by atoms with Crippen molar-refractivity contribution >= 4 is 23.3 Å². The van der Waals surface area contributed by atoms with Crippen molar-refractivity contribution in [2.24, 2.45) is 5.73 Å². The van der Waals surface area contributed by atoms with Crippen LogP contribution in [0.15, 0.2) is 54.7 Å². The molecule has 0 aliphatic carbocycles. The molecular weight excluding hydrogens is 387 g/mol. The molecule has 10 heteroatoms. The number of urea groups is 1. The Labute approximate surface area is 163 Å². The van der Waals surface area contributed by atoms with Crippen LogP contribution in [-0.4, -0.2) is 21.7 Å². The van der Waals surface area contributed by atoms with Gasteiger partial charge < -0.3 is 16.4 Å². The number of primary amides is 1. The minimum absolute atomic E-state index is 0.176. The number of aryl methyl sites for hydroxylation is 1. The maximum Gasteiger partial charge on any atom is 0.434 e. The lowest BCUT2D eigenvalue weighted by Gasteiger charge is -2.13. The van der Waals surface area contributed by atoms with E-state index >= 15 is 0 Å². The van der Waals surface area contributed by atoms with E-state index in [0.717, 1.165) is 11.8 Å². The average Bonchev–Trinajstić information content (AvgIpc) is 3.08. The summed E-state index contributed by atoms with van der Waals surface area (Å²) in [6, 6.07) is 11.3. The summed E-state index contributed by atoms with van der Waals surface area (Å²) < 4.78 is 41.8. The normalized spacial score (nSPS) is 11.2. The van der Waals surface area contributed by atoms with Crippen LogP contribution in [0.5, 0.6) is 0 Å². The minimum atomic E-state index is -4.82. The van der Waals surface area contributed by atoms with Crippen molar-refractivity contribution in [2.75, 3.05) is 10.6 Å². The van der Waals surface area contributed by atoms with Crippen LogP contribution in [0.4, 0.5) is 29.3 Å². The van der Waals surface area contributed by atoms with Crippen LogP contribution in [0.2, 0.25) is 0 Å². The number of carbonyl (C=O) groups excluding carboxylic acids is 2. The molecule has 0 fully saturated rings. The van der Waals surface area contributed by atoms with Gasteiger partial charge in [-0.2, -0.15) is 18.3 Å². The zero-order valence-corrected chi connectivity index (χ0v) is 15.1. The molecule has 0 atom stereocenters. The first-order valence-electron chi connectivity index (χ1n) is 8.35. The smallest absolute Gasteiger partial charge is 0.351 e. The van der Waals surface area contributed by atoms with E-state index in [-0.39, 0.29) is 17.1 Å². The molecule has 0 aliphatic rings. The largest absolute Gasteiger partial charge is 0.434 e. The summed E-state index contributed by atoms with van der Waals surface area (Å²) in [6.07, 6.45) is -3.95. The van der Waals surface area contributed by atoms with E-state index in [2.05, 4.69) is 15.7 Å². The van der Waals surface area contributed by atoms with E-state index in [4.69, 9.17) is 5.73 Å². The number of hydrogen-bond donors (Lipinski definition) is 3. The molecule has 0 bridgehead atoms. The van der Waals surface area contributed by atoms with Crippen molar-refractivity contribution in [3.63, 3.8) is 0 Å². The molecule has 1 aromatic heterocycles. The number of nitrogens with one attached hydrogen (secondary N) is 2. The van der Waals surface area contributed by atoms with Gasteiger partial charge in [0.1, 0.15) is 0 Å². The monoisotopic (exact) mass is 403 g/mol. The summed E-state index contributed by atoms with van der Waals surface area (Å²) in [6.45, 7) is 1.80.